The van der Waals surface area contributed by atoms with Gasteiger partial charge >= 0.3 is 5.97 Å². The molecule has 0 bridgehead atoms. The van der Waals surface area contributed by atoms with Gasteiger partial charge in [0.05, 0.1) is 24.9 Å². The van der Waals surface area contributed by atoms with Crippen molar-refractivity contribution in [3.63, 3.8) is 0 Å². The van der Waals surface area contributed by atoms with E-state index in [1.54, 1.807) is 10.7 Å². The van der Waals surface area contributed by atoms with E-state index >= 15 is 0 Å². The Morgan fingerprint density at radius 3 is 2.79 bits per heavy atom. The summed E-state index contributed by atoms with van der Waals surface area (Å²) in [6.07, 6.45) is 1.51. The van der Waals surface area contributed by atoms with Gasteiger partial charge < -0.3 is 9.64 Å². The van der Waals surface area contributed by atoms with E-state index in [1.165, 1.54) is 13.4 Å². The Bertz CT molecular complexity index is 580. The average Bonchev–Trinajstić information content (AvgIpc) is 2.83. The van der Waals surface area contributed by atoms with Gasteiger partial charge in [0, 0.05) is 14.1 Å². The van der Waals surface area contributed by atoms with Crippen LogP contribution in [0.1, 0.15) is 16.2 Å². The molecule has 1 aromatic carbocycles. The Labute approximate surface area is 111 Å². The molecule has 2 rings (SSSR count). The van der Waals surface area contributed by atoms with Gasteiger partial charge in [0.1, 0.15) is 12.2 Å². The second-order valence-electron chi connectivity index (χ2n) is 4.16. The molecular formula is C13H16N4O2. The van der Waals surface area contributed by atoms with E-state index in [-0.39, 0.29) is 5.97 Å². The van der Waals surface area contributed by atoms with E-state index in [1.807, 2.05) is 37.2 Å². The monoisotopic (exact) mass is 260 g/mol. The van der Waals surface area contributed by atoms with Crippen molar-refractivity contribution in [2.24, 2.45) is 7.05 Å². The fourth-order valence-corrected chi connectivity index (χ4v) is 1.85. The first-order chi connectivity index (χ1) is 9.13. The molecule has 19 heavy (non-hydrogen) atoms. The zero-order valence-electron chi connectivity index (χ0n) is 11.2. The molecule has 2 aromatic rings. The number of anilines is 1. The highest BCUT2D eigenvalue weighted by Gasteiger charge is 2.15. The lowest BCUT2D eigenvalue weighted by Gasteiger charge is -2.20. The quantitative estimate of drug-likeness (QED) is 0.774. The van der Waals surface area contributed by atoms with Crippen molar-refractivity contribution >= 4 is 11.7 Å². The molecule has 1 aromatic heterocycles. The molecule has 0 fully saturated rings. The van der Waals surface area contributed by atoms with Gasteiger partial charge in [0.15, 0.2) is 0 Å². The van der Waals surface area contributed by atoms with E-state index in [2.05, 4.69) is 10.1 Å². The highest BCUT2D eigenvalue weighted by atomic mass is 16.5. The molecule has 0 saturated heterocycles. The molecule has 0 unspecified atom stereocenters. The van der Waals surface area contributed by atoms with Crippen LogP contribution in [0.3, 0.4) is 0 Å². The number of nitrogens with zero attached hydrogens (tertiary/aromatic N) is 4. The number of methoxy groups -OCH3 is 1. The van der Waals surface area contributed by atoms with Crippen LogP contribution in [-0.2, 0) is 18.3 Å². The first-order valence-electron chi connectivity index (χ1n) is 5.85. The zero-order chi connectivity index (χ0) is 13.8. The van der Waals surface area contributed by atoms with Gasteiger partial charge in [-0.3, -0.25) is 4.68 Å². The number of carbonyl (C=O) groups excluding carboxylic acids is 1. The zero-order valence-corrected chi connectivity index (χ0v) is 11.2. The summed E-state index contributed by atoms with van der Waals surface area (Å²) in [6.45, 7) is 0.560. The summed E-state index contributed by atoms with van der Waals surface area (Å²) in [5.41, 5.74) is 1.34. The Hall–Kier alpha value is -2.37. The predicted octanol–water partition coefficient (Wildman–Crippen LogP) is 1.24. The number of benzene rings is 1. The fraction of sp³-hybridized carbons (Fsp3) is 0.308. The van der Waals surface area contributed by atoms with Crippen molar-refractivity contribution in [2.45, 2.75) is 6.54 Å². The Kier molecular flexibility index (Phi) is 3.79. The Balaban J connectivity index is 2.26. The number of aromatic nitrogens is 3. The fourth-order valence-electron chi connectivity index (χ4n) is 1.85. The van der Waals surface area contributed by atoms with Crippen molar-refractivity contribution in [2.75, 3.05) is 19.1 Å². The number of carbonyl (C=O) groups is 1. The summed E-state index contributed by atoms with van der Waals surface area (Å²) in [5, 5.41) is 4.02. The maximum absolute atomic E-state index is 11.7. The molecule has 0 N–H and O–H groups in total. The van der Waals surface area contributed by atoms with E-state index in [0.717, 1.165) is 11.5 Å². The molecule has 0 aliphatic carbocycles. The number of aryl methyl sites for hydroxylation is 1. The van der Waals surface area contributed by atoms with Crippen LogP contribution in [0.5, 0.6) is 0 Å². The summed E-state index contributed by atoms with van der Waals surface area (Å²) in [4.78, 5) is 17.8. The minimum Gasteiger partial charge on any atom is -0.465 e. The van der Waals surface area contributed by atoms with Gasteiger partial charge in [-0.2, -0.15) is 5.10 Å². The van der Waals surface area contributed by atoms with Crippen LogP contribution >= 0.6 is 0 Å². The van der Waals surface area contributed by atoms with Crippen LogP contribution < -0.4 is 4.90 Å². The molecule has 1 heterocycles. The normalized spacial score (nSPS) is 10.3. The topological polar surface area (TPSA) is 60.2 Å². The van der Waals surface area contributed by atoms with Crippen LogP contribution in [0, 0.1) is 0 Å². The van der Waals surface area contributed by atoms with Crippen LogP contribution in [0.15, 0.2) is 30.6 Å². The summed E-state index contributed by atoms with van der Waals surface area (Å²) >= 11 is 0. The van der Waals surface area contributed by atoms with Gasteiger partial charge in [-0.05, 0) is 12.1 Å². The number of ether oxygens (including phenoxy) is 1. The molecule has 100 valence electrons. The van der Waals surface area contributed by atoms with Gasteiger partial charge in [-0.25, -0.2) is 9.78 Å². The molecule has 0 radical (unpaired) electrons. The number of rotatable bonds is 4. The number of para-hydroxylation sites is 1. The maximum Gasteiger partial charge on any atom is 0.339 e. The SMILES string of the molecule is COC(=O)c1ccccc1N(C)Cc1ncnn1C. The Morgan fingerprint density at radius 2 is 2.16 bits per heavy atom. The lowest BCUT2D eigenvalue weighted by atomic mass is 10.1. The smallest absolute Gasteiger partial charge is 0.339 e. The molecule has 0 spiro atoms. The van der Waals surface area contributed by atoms with Gasteiger partial charge in [-0.15, -0.1) is 0 Å². The molecular weight excluding hydrogens is 244 g/mol. The lowest BCUT2D eigenvalue weighted by Crippen LogP contribution is -2.21. The summed E-state index contributed by atoms with van der Waals surface area (Å²) in [6, 6.07) is 7.32. The minimum atomic E-state index is -0.347. The van der Waals surface area contributed by atoms with Gasteiger partial charge in [-0.1, -0.05) is 12.1 Å². The average molecular weight is 260 g/mol. The summed E-state index contributed by atoms with van der Waals surface area (Å²) in [5.74, 6) is 0.475. The van der Waals surface area contributed by atoms with Crippen LogP contribution in [0.2, 0.25) is 0 Å². The van der Waals surface area contributed by atoms with Gasteiger partial charge in [0.25, 0.3) is 0 Å². The third-order valence-corrected chi connectivity index (χ3v) is 2.90. The standard InChI is InChI=1S/C13H16N4O2/c1-16(8-12-14-9-15-17(12)2)11-7-5-4-6-10(11)13(18)19-3/h4-7,9H,8H2,1-3H3. The molecule has 6 heteroatoms. The first-order valence-corrected chi connectivity index (χ1v) is 5.85. The maximum atomic E-state index is 11.7. The van der Waals surface area contributed by atoms with Crippen LogP contribution in [-0.4, -0.2) is 34.9 Å². The second kappa shape index (κ2) is 5.51. The van der Waals surface area contributed by atoms with Crippen LogP contribution in [0.4, 0.5) is 5.69 Å². The molecule has 0 aliphatic heterocycles. The number of esters is 1. The summed E-state index contributed by atoms with van der Waals surface area (Å²) in [7, 11) is 5.11. The van der Waals surface area contributed by atoms with E-state index in [9.17, 15) is 4.79 Å². The highest BCUT2D eigenvalue weighted by molar-refractivity contribution is 5.95. The minimum absolute atomic E-state index is 0.347. The van der Waals surface area contributed by atoms with Crippen molar-refractivity contribution in [1.82, 2.24) is 14.8 Å². The van der Waals surface area contributed by atoms with Crippen molar-refractivity contribution < 1.29 is 9.53 Å². The molecule has 6 nitrogen and oxygen atoms in total. The molecule has 0 saturated carbocycles. The Morgan fingerprint density at radius 1 is 1.42 bits per heavy atom. The van der Waals surface area contributed by atoms with E-state index < -0.39 is 0 Å². The molecule has 0 atom stereocenters. The van der Waals surface area contributed by atoms with Crippen LogP contribution in [0.25, 0.3) is 0 Å². The first kappa shape index (κ1) is 13.1. The number of hydrogen-bond acceptors (Lipinski definition) is 5. The van der Waals surface area contributed by atoms with E-state index in [4.69, 9.17) is 4.74 Å². The van der Waals surface area contributed by atoms with Crippen molar-refractivity contribution in [1.29, 1.82) is 0 Å². The highest BCUT2D eigenvalue weighted by Crippen LogP contribution is 2.21. The molecule has 0 amide bonds. The largest absolute Gasteiger partial charge is 0.465 e. The second-order valence-corrected chi connectivity index (χ2v) is 4.16. The molecule has 0 aliphatic rings. The van der Waals surface area contributed by atoms with Gasteiger partial charge in [0.2, 0.25) is 0 Å². The lowest BCUT2D eigenvalue weighted by molar-refractivity contribution is 0.0601. The van der Waals surface area contributed by atoms with Crippen molar-refractivity contribution in [3.8, 4) is 0 Å². The third kappa shape index (κ3) is 2.73. The third-order valence-electron chi connectivity index (χ3n) is 2.90. The number of hydrogen-bond donors (Lipinski definition) is 0. The van der Waals surface area contributed by atoms with Crippen molar-refractivity contribution in [3.05, 3.63) is 42.0 Å². The summed E-state index contributed by atoms with van der Waals surface area (Å²) < 4.78 is 6.49. The van der Waals surface area contributed by atoms with E-state index in [0.29, 0.717) is 12.1 Å². The predicted molar refractivity (Wildman–Crippen MR) is 70.9 cm³/mol.